The molecule has 4 nitrogen and oxygen atoms in total. The lowest BCUT2D eigenvalue weighted by Gasteiger charge is -2.09. The molecule has 0 spiro atoms. The van der Waals surface area contributed by atoms with Gasteiger partial charge in [-0.1, -0.05) is 19.9 Å². The van der Waals surface area contributed by atoms with E-state index < -0.39 is 0 Å². The summed E-state index contributed by atoms with van der Waals surface area (Å²) >= 11 is 0. The minimum Gasteiger partial charge on any atom is -0.486 e. The molecule has 0 aliphatic rings. The first kappa shape index (κ1) is 14.5. The van der Waals surface area contributed by atoms with Crippen LogP contribution in [0.5, 0.6) is 5.75 Å². The number of ether oxygens (including phenoxy) is 1. The fourth-order valence-electron chi connectivity index (χ4n) is 1.73. The second kappa shape index (κ2) is 7.01. The quantitative estimate of drug-likeness (QED) is 0.877. The Morgan fingerprint density at radius 1 is 1.20 bits per heavy atom. The summed E-state index contributed by atoms with van der Waals surface area (Å²) in [6.45, 7) is 7.51. The molecule has 1 N–H and O–H groups in total. The largest absolute Gasteiger partial charge is 0.486 e. The fourth-order valence-corrected chi connectivity index (χ4v) is 1.73. The topological polar surface area (TPSA) is 47.0 Å². The fraction of sp³-hybridized carbons (Fsp3) is 0.375. The van der Waals surface area contributed by atoms with E-state index in [1.54, 1.807) is 12.4 Å². The van der Waals surface area contributed by atoms with Gasteiger partial charge in [0, 0.05) is 18.8 Å². The van der Waals surface area contributed by atoms with Crippen molar-refractivity contribution in [1.82, 2.24) is 15.3 Å². The molecule has 2 aromatic heterocycles. The van der Waals surface area contributed by atoms with Crippen LogP contribution in [-0.2, 0) is 13.2 Å². The summed E-state index contributed by atoms with van der Waals surface area (Å²) in [5, 5.41) is 3.33. The van der Waals surface area contributed by atoms with Gasteiger partial charge in [0.05, 0.1) is 17.6 Å². The zero-order valence-corrected chi connectivity index (χ0v) is 12.3. The van der Waals surface area contributed by atoms with Crippen LogP contribution in [0.4, 0.5) is 0 Å². The van der Waals surface area contributed by atoms with Crippen molar-refractivity contribution in [3.05, 3.63) is 53.6 Å². The van der Waals surface area contributed by atoms with Gasteiger partial charge in [-0.15, -0.1) is 0 Å². The first-order chi connectivity index (χ1) is 9.65. The van der Waals surface area contributed by atoms with E-state index in [0.29, 0.717) is 12.6 Å². The van der Waals surface area contributed by atoms with Crippen LogP contribution in [0.2, 0.25) is 0 Å². The van der Waals surface area contributed by atoms with Crippen molar-refractivity contribution in [3.8, 4) is 5.75 Å². The van der Waals surface area contributed by atoms with E-state index in [4.69, 9.17) is 4.74 Å². The van der Waals surface area contributed by atoms with Crippen molar-refractivity contribution < 1.29 is 4.74 Å². The zero-order chi connectivity index (χ0) is 14.4. The molecule has 2 aromatic rings. The van der Waals surface area contributed by atoms with Crippen LogP contribution in [0.25, 0.3) is 0 Å². The third kappa shape index (κ3) is 4.31. The van der Waals surface area contributed by atoms with E-state index in [1.165, 1.54) is 0 Å². The minimum absolute atomic E-state index is 0.458. The zero-order valence-electron chi connectivity index (χ0n) is 12.3. The molecule has 2 heterocycles. The Morgan fingerprint density at radius 2 is 2.05 bits per heavy atom. The second-order valence-electron chi connectivity index (χ2n) is 5.08. The third-order valence-corrected chi connectivity index (χ3v) is 2.98. The number of aryl methyl sites for hydroxylation is 1. The molecule has 0 aliphatic carbocycles. The molecule has 0 aliphatic heterocycles. The highest BCUT2D eigenvalue weighted by atomic mass is 16.5. The van der Waals surface area contributed by atoms with Crippen molar-refractivity contribution in [2.75, 3.05) is 0 Å². The van der Waals surface area contributed by atoms with E-state index in [9.17, 15) is 0 Å². The maximum atomic E-state index is 5.71. The average molecular weight is 271 g/mol. The number of hydrogen-bond donors (Lipinski definition) is 1. The van der Waals surface area contributed by atoms with Crippen molar-refractivity contribution >= 4 is 0 Å². The maximum absolute atomic E-state index is 5.71. The smallest absolute Gasteiger partial charge is 0.138 e. The highest BCUT2D eigenvalue weighted by Crippen LogP contribution is 2.12. The molecule has 0 amide bonds. The average Bonchev–Trinajstić information content (AvgIpc) is 2.45. The van der Waals surface area contributed by atoms with Crippen molar-refractivity contribution in [1.29, 1.82) is 0 Å². The Hall–Kier alpha value is -1.94. The number of nitrogens with zero attached hydrogens (tertiary/aromatic N) is 2. The highest BCUT2D eigenvalue weighted by molar-refractivity contribution is 5.22. The summed E-state index contributed by atoms with van der Waals surface area (Å²) < 4.78 is 5.71. The lowest BCUT2D eigenvalue weighted by Crippen LogP contribution is -2.22. The Balaban J connectivity index is 1.89. The van der Waals surface area contributed by atoms with Gasteiger partial charge in [0.15, 0.2) is 0 Å². The molecule has 4 heteroatoms. The van der Waals surface area contributed by atoms with Gasteiger partial charge in [0.1, 0.15) is 12.4 Å². The van der Waals surface area contributed by atoms with E-state index in [-0.39, 0.29) is 0 Å². The monoisotopic (exact) mass is 271 g/mol. The first-order valence-electron chi connectivity index (χ1n) is 6.87. The van der Waals surface area contributed by atoms with Crippen LogP contribution in [0.15, 0.2) is 36.7 Å². The summed E-state index contributed by atoms with van der Waals surface area (Å²) in [5.74, 6) is 0.767. The van der Waals surface area contributed by atoms with Crippen LogP contribution in [-0.4, -0.2) is 16.0 Å². The molecule has 0 radical (unpaired) electrons. The normalized spacial score (nSPS) is 10.8. The van der Waals surface area contributed by atoms with Gasteiger partial charge in [-0.25, -0.2) is 0 Å². The summed E-state index contributed by atoms with van der Waals surface area (Å²) in [6, 6.07) is 8.35. The number of aromatic nitrogens is 2. The lowest BCUT2D eigenvalue weighted by molar-refractivity contribution is 0.299. The van der Waals surface area contributed by atoms with Gasteiger partial charge in [-0.2, -0.15) is 0 Å². The molecule has 20 heavy (non-hydrogen) atoms. The van der Waals surface area contributed by atoms with Crippen LogP contribution in [0.3, 0.4) is 0 Å². The molecular formula is C16H21N3O. The summed E-state index contributed by atoms with van der Waals surface area (Å²) in [7, 11) is 0. The van der Waals surface area contributed by atoms with Gasteiger partial charge in [-0.05, 0) is 30.7 Å². The summed E-state index contributed by atoms with van der Waals surface area (Å²) in [5.41, 5.74) is 3.11. The Morgan fingerprint density at radius 3 is 2.70 bits per heavy atom. The Kier molecular flexibility index (Phi) is 5.07. The highest BCUT2D eigenvalue weighted by Gasteiger charge is 2.02. The second-order valence-corrected chi connectivity index (χ2v) is 5.08. The molecule has 0 bridgehead atoms. The number of nitrogens with one attached hydrogen (secondary N) is 1. The number of hydrogen-bond acceptors (Lipinski definition) is 4. The van der Waals surface area contributed by atoms with Crippen LogP contribution in [0, 0.1) is 6.92 Å². The SMILES string of the molecule is Cc1cccnc1COc1ccc(CNC(C)C)nc1. The molecule has 0 aromatic carbocycles. The number of pyridine rings is 2. The minimum atomic E-state index is 0.458. The van der Waals surface area contributed by atoms with Gasteiger partial charge < -0.3 is 10.1 Å². The third-order valence-electron chi connectivity index (χ3n) is 2.98. The molecule has 106 valence electrons. The van der Waals surface area contributed by atoms with Crippen molar-refractivity contribution in [3.63, 3.8) is 0 Å². The lowest BCUT2D eigenvalue weighted by atomic mass is 10.2. The van der Waals surface area contributed by atoms with E-state index in [0.717, 1.165) is 29.2 Å². The molecule has 2 rings (SSSR count). The van der Waals surface area contributed by atoms with E-state index in [2.05, 4.69) is 29.1 Å². The molecule has 0 saturated heterocycles. The predicted octanol–water partition coefficient (Wildman–Crippen LogP) is 2.86. The number of rotatable bonds is 6. The molecular weight excluding hydrogens is 250 g/mol. The van der Waals surface area contributed by atoms with Gasteiger partial charge in [0.25, 0.3) is 0 Å². The van der Waals surface area contributed by atoms with Crippen molar-refractivity contribution in [2.24, 2.45) is 0 Å². The van der Waals surface area contributed by atoms with E-state index >= 15 is 0 Å². The van der Waals surface area contributed by atoms with Crippen LogP contribution < -0.4 is 10.1 Å². The van der Waals surface area contributed by atoms with Gasteiger partial charge in [-0.3, -0.25) is 9.97 Å². The Bertz CT molecular complexity index is 538. The van der Waals surface area contributed by atoms with Crippen LogP contribution >= 0.6 is 0 Å². The van der Waals surface area contributed by atoms with Gasteiger partial charge in [0.2, 0.25) is 0 Å². The van der Waals surface area contributed by atoms with Crippen LogP contribution in [0.1, 0.15) is 30.8 Å². The van der Waals surface area contributed by atoms with E-state index in [1.807, 2.05) is 31.2 Å². The first-order valence-corrected chi connectivity index (χ1v) is 6.87. The molecule has 0 unspecified atom stereocenters. The summed E-state index contributed by atoms with van der Waals surface area (Å²) in [4.78, 5) is 8.68. The van der Waals surface area contributed by atoms with Gasteiger partial charge >= 0.3 is 0 Å². The maximum Gasteiger partial charge on any atom is 0.138 e. The summed E-state index contributed by atoms with van der Waals surface area (Å²) in [6.07, 6.45) is 3.54. The molecule has 0 atom stereocenters. The molecule has 0 fully saturated rings. The standard InChI is InChI=1S/C16H21N3O/c1-12(2)18-9-14-6-7-15(10-19-14)20-11-16-13(3)5-4-8-17-16/h4-8,10,12,18H,9,11H2,1-3H3. The predicted molar refractivity (Wildman–Crippen MR) is 79.5 cm³/mol. The van der Waals surface area contributed by atoms with Crippen molar-refractivity contribution in [2.45, 2.75) is 40.0 Å². The molecule has 0 saturated carbocycles. The Labute approximate surface area is 120 Å².